The van der Waals surface area contributed by atoms with Crippen LogP contribution >= 0.6 is 11.8 Å². The molecule has 0 atom stereocenters. The van der Waals surface area contributed by atoms with Crippen LogP contribution in [0.2, 0.25) is 0 Å². The molecule has 0 aliphatic heterocycles. The van der Waals surface area contributed by atoms with E-state index in [4.69, 9.17) is 0 Å². The number of thioether (sulfide) groups is 1. The molecule has 1 aromatic carbocycles. The maximum atomic E-state index is 11.5. The average molecular weight is 368 g/mol. The van der Waals surface area contributed by atoms with Crippen molar-refractivity contribution in [1.82, 2.24) is 19.6 Å². The van der Waals surface area contributed by atoms with Crippen molar-refractivity contribution in [3.8, 4) is 0 Å². The van der Waals surface area contributed by atoms with Crippen molar-refractivity contribution in [3.63, 3.8) is 0 Å². The van der Waals surface area contributed by atoms with Crippen molar-refractivity contribution in [2.75, 3.05) is 16.9 Å². The number of fused-ring (bicyclic) bond motifs is 1. The Hall–Kier alpha value is -2.87. The number of amides is 1. The van der Waals surface area contributed by atoms with Crippen LogP contribution in [-0.4, -0.2) is 31.7 Å². The minimum Gasteiger partial charge on any atom is -0.324 e. The van der Waals surface area contributed by atoms with E-state index in [1.807, 2.05) is 30.7 Å². The van der Waals surface area contributed by atoms with Gasteiger partial charge in [-0.25, -0.2) is 4.98 Å². The first-order valence-corrected chi connectivity index (χ1v) is 9.34. The minimum atomic E-state index is -0.259. The zero-order valence-corrected chi connectivity index (χ0v) is 15.7. The van der Waals surface area contributed by atoms with Gasteiger partial charge in [-0.3, -0.25) is 4.79 Å². The van der Waals surface area contributed by atoms with Gasteiger partial charge in [0.05, 0.1) is 6.20 Å². The van der Waals surface area contributed by atoms with E-state index in [1.165, 1.54) is 17.8 Å². The van der Waals surface area contributed by atoms with E-state index >= 15 is 0 Å². The minimum absolute atomic E-state index is 0.259. The van der Waals surface area contributed by atoms with Crippen LogP contribution in [0.3, 0.4) is 0 Å². The maximum Gasteiger partial charge on any atom is 0.247 e. The van der Waals surface area contributed by atoms with E-state index in [1.54, 1.807) is 10.6 Å². The van der Waals surface area contributed by atoms with Gasteiger partial charge in [0, 0.05) is 16.9 Å². The molecular formula is C18H20N6OS. The Morgan fingerprint density at radius 1 is 1.31 bits per heavy atom. The number of hydrogen-bond acceptors (Lipinski definition) is 6. The van der Waals surface area contributed by atoms with Crippen LogP contribution in [0.5, 0.6) is 0 Å². The fourth-order valence-corrected chi connectivity index (χ4v) is 2.81. The zero-order chi connectivity index (χ0) is 18.7. The van der Waals surface area contributed by atoms with Crippen molar-refractivity contribution < 1.29 is 4.79 Å². The summed E-state index contributed by atoms with van der Waals surface area (Å²) in [5, 5.41) is 11.1. The van der Waals surface area contributed by atoms with Crippen LogP contribution in [0.15, 0.2) is 48.3 Å². The Morgan fingerprint density at radius 3 is 2.77 bits per heavy atom. The number of hydrogen-bond donors (Lipinski definition) is 2. The maximum absolute atomic E-state index is 11.5. The third kappa shape index (κ3) is 3.70. The highest BCUT2D eigenvalue weighted by molar-refractivity contribution is 7.98. The van der Waals surface area contributed by atoms with E-state index in [2.05, 4.69) is 46.1 Å². The third-order valence-electron chi connectivity index (χ3n) is 3.75. The quantitative estimate of drug-likeness (QED) is 0.508. The van der Waals surface area contributed by atoms with Crippen LogP contribution in [0, 0.1) is 0 Å². The first-order valence-electron chi connectivity index (χ1n) is 8.12. The lowest BCUT2D eigenvalue weighted by Crippen LogP contribution is -2.08. The second kappa shape index (κ2) is 7.57. The molecule has 0 aliphatic rings. The highest BCUT2D eigenvalue weighted by Crippen LogP contribution is 2.25. The van der Waals surface area contributed by atoms with Crippen LogP contribution in [0.1, 0.15) is 25.3 Å². The number of anilines is 3. The second-order valence-corrected chi connectivity index (χ2v) is 6.70. The summed E-state index contributed by atoms with van der Waals surface area (Å²) < 4.78 is 1.70. The van der Waals surface area contributed by atoms with Gasteiger partial charge >= 0.3 is 0 Å². The fourth-order valence-electron chi connectivity index (χ4n) is 2.45. The van der Waals surface area contributed by atoms with Crippen LogP contribution < -0.4 is 10.6 Å². The second-order valence-electron chi connectivity index (χ2n) is 5.92. The molecular weight excluding hydrogens is 348 g/mol. The summed E-state index contributed by atoms with van der Waals surface area (Å²) in [6.45, 7) is 7.67. The molecule has 3 aromatic rings. The Kier molecular flexibility index (Phi) is 5.22. The van der Waals surface area contributed by atoms with Crippen LogP contribution in [0.4, 0.5) is 17.3 Å². The van der Waals surface area contributed by atoms with Crippen molar-refractivity contribution in [2.45, 2.75) is 24.9 Å². The molecule has 2 heterocycles. The number of nitrogens with one attached hydrogen (secondary N) is 2. The summed E-state index contributed by atoms with van der Waals surface area (Å²) in [5.74, 6) is 0.616. The van der Waals surface area contributed by atoms with Crippen molar-refractivity contribution in [3.05, 3.63) is 48.7 Å². The van der Waals surface area contributed by atoms with E-state index in [-0.39, 0.29) is 5.91 Å². The van der Waals surface area contributed by atoms with Gasteiger partial charge in [0.15, 0.2) is 10.8 Å². The first kappa shape index (κ1) is 17.9. The molecule has 134 valence electrons. The van der Waals surface area contributed by atoms with Crippen molar-refractivity contribution in [1.29, 1.82) is 0 Å². The third-order valence-corrected chi connectivity index (χ3v) is 4.30. The van der Waals surface area contributed by atoms with E-state index in [0.717, 1.165) is 16.9 Å². The smallest absolute Gasteiger partial charge is 0.247 e. The lowest BCUT2D eigenvalue weighted by molar-refractivity contribution is -0.111. The Bertz CT molecular complexity index is 965. The predicted molar refractivity (Wildman–Crippen MR) is 105 cm³/mol. The Balaban J connectivity index is 1.99. The summed E-state index contributed by atoms with van der Waals surface area (Å²) >= 11 is 1.48. The van der Waals surface area contributed by atoms with Gasteiger partial charge in [-0.15, -0.1) is 0 Å². The number of aromatic nitrogens is 4. The fraction of sp³-hybridized carbons (Fsp3) is 0.222. The molecule has 0 radical (unpaired) electrons. The molecule has 0 bridgehead atoms. The van der Waals surface area contributed by atoms with Crippen LogP contribution in [-0.2, 0) is 4.79 Å². The number of carbonyl (C=O) groups is 1. The van der Waals surface area contributed by atoms with Crippen molar-refractivity contribution in [2.24, 2.45) is 0 Å². The summed E-state index contributed by atoms with van der Waals surface area (Å²) in [7, 11) is 0. The summed E-state index contributed by atoms with van der Waals surface area (Å²) in [6.07, 6.45) is 4.99. The Labute approximate surface area is 155 Å². The summed E-state index contributed by atoms with van der Waals surface area (Å²) in [5.41, 5.74) is 3.30. The first-order chi connectivity index (χ1) is 12.5. The summed E-state index contributed by atoms with van der Waals surface area (Å²) in [4.78, 5) is 20.6. The molecule has 0 saturated heterocycles. The molecule has 26 heavy (non-hydrogen) atoms. The van der Waals surface area contributed by atoms with Gasteiger partial charge in [-0.1, -0.05) is 38.3 Å². The van der Waals surface area contributed by atoms with Gasteiger partial charge in [0.1, 0.15) is 0 Å². The zero-order valence-electron chi connectivity index (χ0n) is 14.9. The van der Waals surface area contributed by atoms with Crippen molar-refractivity contribution >= 4 is 40.6 Å². The predicted octanol–water partition coefficient (Wildman–Crippen LogP) is 3.84. The van der Waals surface area contributed by atoms with E-state index in [0.29, 0.717) is 22.7 Å². The topological polar surface area (TPSA) is 84.2 Å². The lowest BCUT2D eigenvalue weighted by atomic mass is 10.1. The molecule has 3 rings (SSSR count). The lowest BCUT2D eigenvalue weighted by Gasteiger charge is -2.11. The molecule has 0 aliphatic carbocycles. The van der Waals surface area contributed by atoms with Gasteiger partial charge in [-0.05, 0) is 36.4 Å². The molecule has 8 heteroatoms. The molecule has 1 amide bonds. The Morgan fingerprint density at radius 2 is 2.08 bits per heavy atom. The van der Waals surface area contributed by atoms with Gasteiger partial charge in [-0.2, -0.15) is 14.6 Å². The number of nitrogens with zero attached hydrogens (tertiary/aromatic N) is 4. The molecule has 2 aromatic heterocycles. The highest BCUT2D eigenvalue weighted by Gasteiger charge is 2.15. The van der Waals surface area contributed by atoms with E-state index < -0.39 is 0 Å². The standard InChI is InChI=1S/C18H20N6OS/c1-5-15(25)20-12-7-6-8-13(9-12)21-17-23-18(26-4)22-16-14(11(2)3)10-19-24(16)17/h5-11H,1H2,2-4H3,(H,20,25)(H,21,22,23). The number of rotatable bonds is 6. The molecule has 0 fully saturated rings. The monoisotopic (exact) mass is 368 g/mol. The largest absolute Gasteiger partial charge is 0.324 e. The summed E-state index contributed by atoms with van der Waals surface area (Å²) in [6, 6.07) is 7.36. The normalized spacial score (nSPS) is 10.9. The molecule has 0 spiro atoms. The van der Waals surface area contributed by atoms with E-state index in [9.17, 15) is 4.79 Å². The molecule has 2 N–H and O–H groups in total. The van der Waals surface area contributed by atoms with Crippen LogP contribution in [0.25, 0.3) is 5.65 Å². The van der Waals surface area contributed by atoms with Gasteiger partial charge in [0.2, 0.25) is 11.9 Å². The molecule has 7 nitrogen and oxygen atoms in total. The average Bonchev–Trinajstić information content (AvgIpc) is 3.06. The SMILES string of the molecule is C=CC(=O)Nc1cccc(Nc2nc(SC)nc3c(C(C)C)cnn23)c1. The van der Waals surface area contributed by atoms with Gasteiger partial charge in [0.25, 0.3) is 0 Å². The highest BCUT2D eigenvalue weighted by atomic mass is 32.2. The number of carbonyl (C=O) groups excluding carboxylic acids is 1. The van der Waals surface area contributed by atoms with Gasteiger partial charge < -0.3 is 10.6 Å². The molecule has 0 saturated carbocycles. The molecule has 0 unspecified atom stereocenters. The number of benzene rings is 1.